The Morgan fingerprint density at radius 3 is 2.47 bits per heavy atom. The molecule has 0 saturated carbocycles. The van der Waals surface area contributed by atoms with Crippen molar-refractivity contribution >= 4 is 5.97 Å². The molecular weight excluding hydrogens is 220 g/mol. The Kier molecular flexibility index (Phi) is 2.82. The van der Waals surface area contributed by atoms with E-state index in [0.717, 1.165) is 0 Å². The van der Waals surface area contributed by atoms with Crippen LogP contribution in [0.4, 0.5) is 0 Å². The van der Waals surface area contributed by atoms with Gasteiger partial charge in [0, 0.05) is 0 Å². The lowest BCUT2D eigenvalue weighted by Crippen LogP contribution is -2.16. The van der Waals surface area contributed by atoms with E-state index >= 15 is 0 Å². The molecule has 5 heteroatoms. The molecule has 0 unspecified atom stereocenters. The molecule has 0 fully saturated rings. The SMILES string of the molecule is CCc1c(C(=O)O)[nH]n(-c2ccccc2)c1=O. The number of hydrogen-bond acceptors (Lipinski definition) is 2. The highest BCUT2D eigenvalue weighted by Crippen LogP contribution is 2.08. The standard InChI is InChI=1S/C12H12N2O3/c1-2-9-10(12(16)17)13-14(11(9)15)8-6-4-3-5-7-8/h3-7,13H,2H2,1H3,(H,16,17). The zero-order valence-electron chi connectivity index (χ0n) is 9.30. The summed E-state index contributed by atoms with van der Waals surface area (Å²) in [6.45, 7) is 1.76. The van der Waals surface area contributed by atoms with Gasteiger partial charge in [0.25, 0.3) is 5.56 Å². The number of nitrogens with one attached hydrogen (secondary N) is 1. The number of aromatic carboxylic acids is 1. The fourth-order valence-corrected chi connectivity index (χ4v) is 1.74. The number of nitrogens with zero attached hydrogens (tertiary/aromatic N) is 1. The van der Waals surface area contributed by atoms with Gasteiger partial charge in [0.1, 0.15) is 5.69 Å². The lowest BCUT2D eigenvalue weighted by atomic mass is 10.2. The van der Waals surface area contributed by atoms with Crippen LogP contribution >= 0.6 is 0 Å². The molecule has 1 aromatic carbocycles. The smallest absolute Gasteiger partial charge is 0.354 e. The van der Waals surface area contributed by atoms with Gasteiger partial charge in [-0.15, -0.1) is 0 Å². The van der Waals surface area contributed by atoms with Gasteiger partial charge in [0.05, 0.1) is 11.3 Å². The van der Waals surface area contributed by atoms with Crippen LogP contribution in [0.5, 0.6) is 0 Å². The third-order valence-electron chi connectivity index (χ3n) is 2.57. The minimum Gasteiger partial charge on any atom is -0.477 e. The van der Waals surface area contributed by atoms with Crippen LogP contribution in [-0.2, 0) is 6.42 Å². The molecule has 0 spiro atoms. The van der Waals surface area contributed by atoms with Gasteiger partial charge >= 0.3 is 5.97 Å². The quantitative estimate of drug-likeness (QED) is 0.840. The van der Waals surface area contributed by atoms with Crippen molar-refractivity contribution in [1.82, 2.24) is 9.78 Å². The topological polar surface area (TPSA) is 75.1 Å². The summed E-state index contributed by atoms with van der Waals surface area (Å²) in [5.41, 5.74) is 0.568. The molecule has 0 atom stereocenters. The van der Waals surface area contributed by atoms with Crippen LogP contribution in [0.3, 0.4) is 0 Å². The van der Waals surface area contributed by atoms with E-state index in [9.17, 15) is 9.59 Å². The van der Waals surface area contributed by atoms with E-state index in [1.165, 1.54) is 4.68 Å². The van der Waals surface area contributed by atoms with Gasteiger partial charge in [-0.1, -0.05) is 25.1 Å². The molecule has 88 valence electrons. The largest absolute Gasteiger partial charge is 0.477 e. The predicted molar refractivity (Wildman–Crippen MR) is 62.7 cm³/mol. The van der Waals surface area contributed by atoms with E-state index in [1.54, 1.807) is 31.2 Å². The van der Waals surface area contributed by atoms with Gasteiger partial charge < -0.3 is 5.11 Å². The molecule has 1 heterocycles. The van der Waals surface area contributed by atoms with E-state index in [4.69, 9.17) is 5.11 Å². The number of rotatable bonds is 3. The second kappa shape index (κ2) is 4.29. The lowest BCUT2D eigenvalue weighted by molar-refractivity contribution is 0.0689. The maximum absolute atomic E-state index is 12.0. The Hall–Kier alpha value is -2.30. The van der Waals surface area contributed by atoms with Crippen molar-refractivity contribution in [2.45, 2.75) is 13.3 Å². The molecule has 2 aromatic rings. The molecule has 0 bridgehead atoms. The summed E-state index contributed by atoms with van der Waals surface area (Å²) >= 11 is 0. The molecule has 1 aromatic heterocycles. The highest BCUT2D eigenvalue weighted by atomic mass is 16.4. The summed E-state index contributed by atoms with van der Waals surface area (Å²) in [5.74, 6) is -1.12. The number of carbonyl (C=O) groups is 1. The second-order valence-corrected chi connectivity index (χ2v) is 3.60. The van der Waals surface area contributed by atoms with Gasteiger partial charge in [0.2, 0.25) is 0 Å². The number of carboxylic acids is 1. The van der Waals surface area contributed by atoms with Crippen molar-refractivity contribution in [3.8, 4) is 5.69 Å². The average Bonchev–Trinajstić information content (AvgIpc) is 2.67. The molecule has 2 rings (SSSR count). The summed E-state index contributed by atoms with van der Waals surface area (Å²) in [5, 5.41) is 11.6. The maximum atomic E-state index is 12.0. The zero-order chi connectivity index (χ0) is 12.4. The fourth-order valence-electron chi connectivity index (χ4n) is 1.74. The minimum atomic E-state index is -1.12. The number of aromatic nitrogens is 2. The third kappa shape index (κ3) is 1.87. The van der Waals surface area contributed by atoms with Crippen molar-refractivity contribution in [3.63, 3.8) is 0 Å². The lowest BCUT2D eigenvalue weighted by Gasteiger charge is -1.99. The summed E-state index contributed by atoms with van der Waals surface area (Å²) in [4.78, 5) is 23.0. The zero-order valence-corrected chi connectivity index (χ0v) is 9.30. The fraction of sp³-hybridized carbons (Fsp3) is 0.167. The molecule has 5 nitrogen and oxygen atoms in total. The first kappa shape index (κ1) is 11.2. The number of hydrogen-bond donors (Lipinski definition) is 2. The molecule has 0 aliphatic heterocycles. The Balaban J connectivity index is 2.65. The first-order chi connectivity index (χ1) is 8.15. The minimum absolute atomic E-state index is 0.0404. The predicted octanol–water partition coefficient (Wildman–Crippen LogP) is 1.43. The number of para-hydroxylation sites is 1. The summed E-state index contributed by atoms with van der Waals surface area (Å²) in [6, 6.07) is 8.88. The van der Waals surface area contributed by atoms with Gasteiger partial charge in [-0.3, -0.25) is 9.89 Å². The Morgan fingerprint density at radius 2 is 2.00 bits per heavy atom. The van der Waals surface area contributed by atoms with Crippen LogP contribution in [0.25, 0.3) is 5.69 Å². The molecular formula is C12H12N2O3. The summed E-state index contributed by atoms with van der Waals surface area (Å²) in [6.07, 6.45) is 0.386. The van der Waals surface area contributed by atoms with E-state index in [-0.39, 0.29) is 11.3 Å². The highest BCUT2D eigenvalue weighted by Gasteiger charge is 2.18. The highest BCUT2D eigenvalue weighted by molar-refractivity contribution is 5.87. The summed E-state index contributed by atoms with van der Waals surface area (Å²) in [7, 11) is 0. The van der Waals surface area contributed by atoms with Crippen LogP contribution in [0.1, 0.15) is 23.0 Å². The van der Waals surface area contributed by atoms with Crippen LogP contribution < -0.4 is 5.56 Å². The third-order valence-corrected chi connectivity index (χ3v) is 2.57. The summed E-state index contributed by atoms with van der Waals surface area (Å²) < 4.78 is 1.25. The number of benzene rings is 1. The monoisotopic (exact) mass is 232 g/mol. The van der Waals surface area contributed by atoms with Gasteiger partial charge in [-0.25, -0.2) is 9.48 Å². The number of carboxylic acid groups (broad SMARTS) is 1. The molecule has 0 aliphatic rings. The van der Waals surface area contributed by atoms with E-state index in [0.29, 0.717) is 17.7 Å². The number of aromatic amines is 1. The van der Waals surface area contributed by atoms with Crippen LogP contribution in [0, 0.1) is 0 Å². The first-order valence-corrected chi connectivity index (χ1v) is 5.27. The Bertz CT molecular complexity index is 596. The average molecular weight is 232 g/mol. The van der Waals surface area contributed by atoms with Crippen molar-refractivity contribution in [3.05, 3.63) is 51.9 Å². The Labute approximate surface area is 97.3 Å². The van der Waals surface area contributed by atoms with Crippen molar-refractivity contribution in [2.75, 3.05) is 0 Å². The second-order valence-electron chi connectivity index (χ2n) is 3.60. The Morgan fingerprint density at radius 1 is 1.35 bits per heavy atom. The van der Waals surface area contributed by atoms with Gasteiger partial charge in [-0.2, -0.15) is 0 Å². The van der Waals surface area contributed by atoms with Crippen LogP contribution in [0.2, 0.25) is 0 Å². The molecule has 0 aliphatic carbocycles. The van der Waals surface area contributed by atoms with Crippen molar-refractivity contribution in [2.24, 2.45) is 0 Å². The van der Waals surface area contributed by atoms with Crippen molar-refractivity contribution < 1.29 is 9.90 Å². The van der Waals surface area contributed by atoms with Gasteiger partial charge in [-0.05, 0) is 18.6 Å². The van der Waals surface area contributed by atoms with Crippen molar-refractivity contribution in [1.29, 1.82) is 0 Å². The number of H-pyrrole nitrogens is 1. The van der Waals surface area contributed by atoms with E-state index < -0.39 is 5.97 Å². The van der Waals surface area contributed by atoms with E-state index in [1.807, 2.05) is 6.07 Å². The molecule has 17 heavy (non-hydrogen) atoms. The molecule has 0 amide bonds. The van der Waals surface area contributed by atoms with Gasteiger partial charge in [0.15, 0.2) is 0 Å². The molecule has 2 N–H and O–H groups in total. The molecule has 0 radical (unpaired) electrons. The molecule has 0 saturated heterocycles. The normalized spacial score (nSPS) is 10.4. The first-order valence-electron chi connectivity index (χ1n) is 5.27. The van der Waals surface area contributed by atoms with E-state index in [2.05, 4.69) is 5.10 Å². The van der Waals surface area contributed by atoms with Crippen LogP contribution in [-0.4, -0.2) is 20.9 Å². The maximum Gasteiger partial charge on any atom is 0.354 e. The van der Waals surface area contributed by atoms with Crippen LogP contribution in [0.15, 0.2) is 35.1 Å².